The lowest BCUT2D eigenvalue weighted by molar-refractivity contribution is -0.125. The predicted molar refractivity (Wildman–Crippen MR) is 92.5 cm³/mol. The molecule has 3 amide bonds. The van der Waals surface area contributed by atoms with E-state index in [0.717, 1.165) is 15.6 Å². The van der Waals surface area contributed by atoms with E-state index in [1.165, 1.54) is 0 Å². The molecular formula is C17H18BrN3O2. The molecule has 120 valence electrons. The van der Waals surface area contributed by atoms with Crippen molar-refractivity contribution < 1.29 is 9.59 Å². The molecule has 0 aromatic heterocycles. The monoisotopic (exact) mass is 375 g/mol. The van der Waals surface area contributed by atoms with Gasteiger partial charge in [-0.3, -0.25) is 15.0 Å². The van der Waals surface area contributed by atoms with Crippen LogP contribution in [0.25, 0.3) is 0 Å². The first-order chi connectivity index (χ1) is 11.0. The molecular weight excluding hydrogens is 358 g/mol. The summed E-state index contributed by atoms with van der Waals surface area (Å²) in [6.45, 7) is 0.555. The van der Waals surface area contributed by atoms with Crippen molar-refractivity contribution >= 4 is 27.9 Å². The molecule has 23 heavy (non-hydrogen) atoms. The lowest BCUT2D eigenvalue weighted by atomic mass is 10.0. The van der Waals surface area contributed by atoms with Gasteiger partial charge in [-0.05, 0) is 30.3 Å². The van der Waals surface area contributed by atoms with Crippen LogP contribution in [0, 0.1) is 0 Å². The molecule has 0 fully saturated rings. The fourth-order valence-electron chi connectivity index (χ4n) is 2.40. The van der Waals surface area contributed by atoms with Crippen LogP contribution in [0.4, 0.5) is 4.79 Å². The van der Waals surface area contributed by atoms with E-state index >= 15 is 0 Å². The fourth-order valence-corrected chi connectivity index (χ4v) is 2.66. The van der Waals surface area contributed by atoms with Gasteiger partial charge in [-0.2, -0.15) is 0 Å². The minimum Gasteiger partial charge on any atom is -0.351 e. The van der Waals surface area contributed by atoms with Gasteiger partial charge in [0.05, 0.1) is 0 Å². The Kier molecular flexibility index (Phi) is 5.90. The van der Waals surface area contributed by atoms with Crippen LogP contribution in [0.3, 0.4) is 0 Å². The lowest BCUT2D eigenvalue weighted by Gasteiger charge is -2.27. The molecule has 0 saturated carbocycles. The lowest BCUT2D eigenvalue weighted by Crippen LogP contribution is -2.43. The zero-order valence-corrected chi connectivity index (χ0v) is 14.3. The summed E-state index contributed by atoms with van der Waals surface area (Å²) in [5, 5.41) is 2.17. The van der Waals surface area contributed by atoms with Gasteiger partial charge in [0.15, 0.2) is 0 Å². The molecule has 2 rings (SSSR count). The highest BCUT2D eigenvalue weighted by Gasteiger charge is 2.26. The summed E-state index contributed by atoms with van der Waals surface area (Å²) in [5.41, 5.74) is 6.94. The molecule has 0 aliphatic rings. The van der Waals surface area contributed by atoms with E-state index < -0.39 is 18.0 Å². The largest absolute Gasteiger partial charge is 0.351 e. The third-order valence-corrected chi connectivity index (χ3v) is 3.92. The quantitative estimate of drug-likeness (QED) is 0.843. The molecule has 6 heteroatoms. The minimum absolute atomic E-state index is 0.441. The third-order valence-electron chi connectivity index (χ3n) is 3.40. The smallest absolute Gasteiger partial charge is 0.318 e. The second kappa shape index (κ2) is 7.89. The van der Waals surface area contributed by atoms with Crippen LogP contribution >= 0.6 is 15.9 Å². The van der Waals surface area contributed by atoms with Crippen molar-refractivity contribution in [2.45, 2.75) is 12.6 Å². The number of nitrogens with one attached hydrogen (secondary N) is 1. The molecule has 0 radical (unpaired) electrons. The van der Waals surface area contributed by atoms with Crippen molar-refractivity contribution in [3.63, 3.8) is 0 Å². The molecule has 3 N–H and O–H groups in total. The second-order valence-electron chi connectivity index (χ2n) is 5.21. The standard InChI is InChI=1S/C17H18BrN3O2/c1-21(11-12-7-9-14(18)10-8-12)15(16(22)20-17(19)23)13-5-3-2-4-6-13/h2-10,15H,11H2,1H3,(H3,19,20,22,23). The number of imide groups is 1. The van der Waals surface area contributed by atoms with Crippen LogP contribution < -0.4 is 11.1 Å². The Labute approximate surface area is 143 Å². The first kappa shape index (κ1) is 17.2. The molecule has 0 saturated heterocycles. The number of nitrogens with zero attached hydrogens (tertiary/aromatic N) is 1. The molecule has 0 aliphatic heterocycles. The van der Waals surface area contributed by atoms with E-state index in [2.05, 4.69) is 21.2 Å². The van der Waals surface area contributed by atoms with E-state index in [0.29, 0.717) is 6.54 Å². The Balaban J connectivity index is 2.23. The number of primary amides is 1. The van der Waals surface area contributed by atoms with Gasteiger partial charge in [-0.1, -0.05) is 58.4 Å². The maximum Gasteiger partial charge on any atom is 0.318 e. The number of urea groups is 1. The SMILES string of the molecule is CN(Cc1ccc(Br)cc1)C(C(=O)NC(N)=O)c1ccccc1. The average molecular weight is 376 g/mol. The number of carbonyl (C=O) groups is 2. The minimum atomic E-state index is -0.854. The zero-order chi connectivity index (χ0) is 16.8. The Hall–Kier alpha value is -2.18. The number of rotatable bonds is 5. The summed E-state index contributed by atoms with van der Waals surface area (Å²) in [6, 6.07) is 15.7. The zero-order valence-electron chi connectivity index (χ0n) is 12.7. The van der Waals surface area contributed by atoms with Gasteiger partial charge >= 0.3 is 6.03 Å². The highest BCUT2D eigenvalue weighted by molar-refractivity contribution is 9.10. The number of carbonyl (C=O) groups excluding carboxylic acids is 2. The van der Waals surface area contributed by atoms with Gasteiger partial charge in [0.2, 0.25) is 5.91 Å². The van der Waals surface area contributed by atoms with Crippen LogP contribution in [0.1, 0.15) is 17.2 Å². The topological polar surface area (TPSA) is 75.4 Å². The van der Waals surface area contributed by atoms with Gasteiger partial charge in [0, 0.05) is 11.0 Å². The predicted octanol–water partition coefficient (Wildman–Crippen LogP) is 2.82. The number of hydrogen-bond acceptors (Lipinski definition) is 3. The summed E-state index contributed by atoms with van der Waals surface area (Å²) in [6.07, 6.45) is 0. The summed E-state index contributed by atoms with van der Waals surface area (Å²) < 4.78 is 0.995. The molecule has 2 aromatic carbocycles. The molecule has 0 aliphatic carbocycles. The molecule has 2 aromatic rings. The van der Waals surface area contributed by atoms with Gasteiger partial charge in [0.25, 0.3) is 0 Å². The molecule has 0 heterocycles. The van der Waals surface area contributed by atoms with Gasteiger partial charge < -0.3 is 5.73 Å². The number of halogens is 1. The second-order valence-corrected chi connectivity index (χ2v) is 6.12. The van der Waals surface area contributed by atoms with E-state index in [9.17, 15) is 9.59 Å². The summed E-state index contributed by atoms with van der Waals surface area (Å²) in [4.78, 5) is 25.3. The van der Waals surface area contributed by atoms with Gasteiger partial charge in [0.1, 0.15) is 6.04 Å². The highest BCUT2D eigenvalue weighted by atomic mass is 79.9. The molecule has 1 atom stereocenters. The number of amides is 3. The molecule has 0 bridgehead atoms. The van der Waals surface area contributed by atoms with Crippen molar-refractivity contribution in [2.75, 3.05) is 7.05 Å². The Morgan fingerprint density at radius 1 is 1.13 bits per heavy atom. The van der Waals surface area contributed by atoms with Crippen molar-refractivity contribution in [2.24, 2.45) is 5.73 Å². The van der Waals surface area contributed by atoms with Crippen LogP contribution in [0.15, 0.2) is 59.1 Å². The molecule has 5 nitrogen and oxygen atoms in total. The van der Waals surface area contributed by atoms with E-state index in [1.807, 2.05) is 66.5 Å². The van der Waals surface area contributed by atoms with Crippen molar-refractivity contribution in [1.82, 2.24) is 10.2 Å². The van der Waals surface area contributed by atoms with Crippen LogP contribution in [0.5, 0.6) is 0 Å². The fraction of sp³-hybridized carbons (Fsp3) is 0.176. The summed E-state index contributed by atoms with van der Waals surface area (Å²) in [7, 11) is 1.83. The van der Waals surface area contributed by atoms with Crippen molar-refractivity contribution in [3.05, 3.63) is 70.2 Å². The average Bonchev–Trinajstić information content (AvgIpc) is 2.50. The Morgan fingerprint density at radius 3 is 2.30 bits per heavy atom. The first-order valence-electron chi connectivity index (χ1n) is 7.07. The number of hydrogen-bond donors (Lipinski definition) is 2. The first-order valence-corrected chi connectivity index (χ1v) is 7.86. The molecule has 0 spiro atoms. The highest BCUT2D eigenvalue weighted by Crippen LogP contribution is 2.22. The molecule has 1 unspecified atom stereocenters. The Morgan fingerprint density at radius 2 is 1.74 bits per heavy atom. The van der Waals surface area contributed by atoms with E-state index in [-0.39, 0.29) is 0 Å². The normalized spacial score (nSPS) is 12.0. The maximum atomic E-state index is 12.4. The summed E-state index contributed by atoms with van der Waals surface area (Å²) >= 11 is 3.40. The number of likely N-dealkylation sites (N-methyl/N-ethyl adjacent to an activating group) is 1. The maximum absolute atomic E-state index is 12.4. The van der Waals surface area contributed by atoms with Crippen LogP contribution in [0.2, 0.25) is 0 Å². The van der Waals surface area contributed by atoms with Crippen LogP contribution in [-0.2, 0) is 11.3 Å². The van der Waals surface area contributed by atoms with Crippen molar-refractivity contribution in [1.29, 1.82) is 0 Å². The van der Waals surface area contributed by atoms with Gasteiger partial charge in [-0.25, -0.2) is 4.79 Å². The number of nitrogens with two attached hydrogens (primary N) is 1. The van der Waals surface area contributed by atoms with Gasteiger partial charge in [-0.15, -0.1) is 0 Å². The van der Waals surface area contributed by atoms with Crippen LogP contribution in [-0.4, -0.2) is 23.9 Å². The number of benzene rings is 2. The summed E-state index contributed by atoms with van der Waals surface area (Å²) in [5.74, 6) is -0.441. The van der Waals surface area contributed by atoms with E-state index in [4.69, 9.17) is 5.73 Å². The Bertz CT molecular complexity index is 674. The van der Waals surface area contributed by atoms with E-state index in [1.54, 1.807) is 0 Å². The third kappa shape index (κ3) is 4.91. The van der Waals surface area contributed by atoms with Crippen molar-refractivity contribution in [3.8, 4) is 0 Å².